The maximum Gasteiger partial charge on any atom is 0.340 e. The van der Waals surface area contributed by atoms with Crippen LogP contribution in [0.1, 0.15) is 26.3 Å². The third-order valence-corrected chi connectivity index (χ3v) is 7.67. The summed E-state index contributed by atoms with van der Waals surface area (Å²) >= 11 is 6.17. The molecular formula is C27H22ClNO5S. The van der Waals surface area contributed by atoms with Crippen LogP contribution in [0.4, 0.5) is 0 Å². The van der Waals surface area contributed by atoms with Crippen LogP contribution in [-0.4, -0.2) is 38.1 Å². The van der Waals surface area contributed by atoms with Crippen LogP contribution < -0.4 is 0 Å². The Kier molecular flexibility index (Phi) is 7.31. The Morgan fingerprint density at radius 3 is 2.31 bits per heavy atom. The van der Waals surface area contributed by atoms with E-state index in [2.05, 4.69) is 0 Å². The number of ketones is 1. The lowest BCUT2D eigenvalue weighted by Gasteiger charge is -2.18. The van der Waals surface area contributed by atoms with Crippen LogP contribution in [-0.2, 0) is 21.3 Å². The van der Waals surface area contributed by atoms with E-state index < -0.39 is 22.6 Å². The summed E-state index contributed by atoms with van der Waals surface area (Å²) in [6.07, 6.45) is 0. The minimum Gasteiger partial charge on any atom is -0.454 e. The summed E-state index contributed by atoms with van der Waals surface area (Å²) in [6, 6.07) is 25.7. The highest BCUT2D eigenvalue weighted by molar-refractivity contribution is 7.89. The van der Waals surface area contributed by atoms with Crippen LogP contribution >= 0.6 is 11.6 Å². The zero-order valence-corrected chi connectivity index (χ0v) is 20.4. The summed E-state index contributed by atoms with van der Waals surface area (Å²) in [4.78, 5) is 25.4. The van der Waals surface area contributed by atoms with Crippen molar-refractivity contribution < 1.29 is 22.7 Å². The molecule has 0 aliphatic carbocycles. The van der Waals surface area contributed by atoms with E-state index in [1.807, 2.05) is 60.7 Å². The quantitative estimate of drug-likeness (QED) is 0.237. The summed E-state index contributed by atoms with van der Waals surface area (Å²) in [6.45, 7) is -0.348. The van der Waals surface area contributed by atoms with Gasteiger partial charge in [-0.15, -0.1) is 0 Å². The Labute approximate surface area is 208 Å². The lowest BCUT2D eigenvalue weighted by atomic mass is 10.0. The average Bonchev–Trinajstić information content (AvgIpc) is 2.87. The third kappa shape index (κ3) is 5.43. The van der Waals surface area contributed by atoms with Gasteiger partial charge in [-0.25, -0.2) is 13.2 Å². The van der Waals surface area contributed by atoms with Crippen molar-refractivity contribution in [3.8, 4) is 0 Å². The van der Waals surface area contributed by atoms with Crippen molar-refractivity contribution in [1.82, 2.24) is 4.31 Å². The number of Topliss-reactive ketones (excluding diaryl/α,β-unsaturated/α-hetero) is 1. The number of hydrogen-bond acceptors (Lipinski definition) is 5. The molecule has 0 atom stereocenters. The van der Waals surface area contributed by atoms with Gasteiger partial charge >= 0.3 is 5.97 Å². The first-order valence-corrected chi connectivity index (χ1v) is 12.6. The van der Waals surface area contributed by atoms with E-state index in [-0.39, 0.29) is 27.8 Å². The van der Waals surface area contributed by atoms with E-state index in [1.54, 1.807) is 12.1 Å². The standard InChI is InChI=1S/C27H22ClNO5S/c1-29(17-19-8-3-2-4-9-19)35(32,33)21-14-15-25(28)24(16-21)27(31)34-18-26(30)23-13-7-11-20-10-5-6-12-22(20)23/h2-16H,17-18H2,1H3. The van der Waals surface area contributed by atoms with E-state index in [4.69, 9.17) is 16.3 Å². The molecule has 0 aliphatic rings. The van der Waals surface area contributed by atoms with E-state index in [0.717, 1.165) is 16.3 Å². The molecule has 6 nitrogen and oxygen atoms in total. The number of fused-ring (bicyclic) bond motifs is 1. The Balaban J connectivity index is 1.51. The zero-order valence-electron chi connectivity index (χ0n) is 18.8. The van der Waals surface area contributed by atoms with Crippen molar-refractivity contribution in [2.45, 2.75) is 11.4 Å². The number of benzene rings is 4. The molecule has 35 heavy (non-hydrogen) atoms. The van der Waals surface area contributed by atoms with Gasteiger partial charge in [0.1, 0.15) is 0 Å². The van der Waals surface area contributed by atoms with Crippen LogP contribution in [0.5, 0.6) is 0 Å². The smallest absolute Gasteiger partial charge is 0.340 e. The maximum absolute atomic E-state index is 13.1. The summed E-state index contributed by atoms with van der Waals surface area (Å²) in [5, 5.41) is 1.67. The Hall–Kier alpha value is -3.52. The highest BCUT2D eigenvalue weighted by Gasteiger charge is 2.24. The second-order valence-electron chi connectivity index (χ2n) is 7.91. The number of hydrogen-bond donors (Lipinski definition) is 0. The summed E-state index contributed by atoms with van der Waals surface area (Å²) < 4.78 is 32.6. The molecule has 0 amide bonds. The van der Waals surface area contributed by atoms with Gasteiger partial charge in [-0.1, -0.05) is 84.4 Å². The minimum atomic E-state index is -3.91. The molecule has 0 heterocycles. The van der Waals surface area contributed by atoms with Crippen molar-refractivity contribution in [1.29, 1.82) is 0 Å². The number of esters is 1. The molecule has 0 aliphatic heterocycles. The van der Waals surface area contributed by atoms with Gasteiger partial charge in [0.2, 0.25) is 15.8 Å². The monoisotopic (exact) mass is 507 g/mol. The molecule has 0 saturated heterocycles. The number of carbonyl (C=O) groups is 2. The number of nitrogens with zero attached hydrogens (tertiary/aromatic N) is 1. The predicted octanol–water partition coefficient (Wildman–Crippen LogP) is 5.35. The van der Waals surface area contributed by atoms with Gasteiger partial charge in [0.05, 0.1) is 15.5 Å². The molecule has 178 valence electrons. The highest BCUT2D eigenvalue weighted by atomic mass is 35.5. The first-order chi connectivity index (χ1) is 16.8. The molecule has 0 fully saturated rings. The first-order valence-electron chi connectivity index (χ1n) is 10.8. The zero-order chi connectivity index (χ0) is 25.0. The van der Waals surface area contributed by atoms with Crippen LogP contribution in [0, 0.1) is 0 Å². The molecule has 0 radical (unpaired) electrons. The molecule has 0 bridgehead atoms. The summed E-state index contributed by atoms with van der Waals surface area (Å²) in [5.74, 6) is -1.26. The van der Waals surface area contributed by atoms with Crippen molar-refractivity contribution in [3.63, 3.8) is 0 Å². The lowest BCUT2D eigenvalue weighted by Crippen LogP contribution is -2.26. The maximum atomic E-state index is 13.1. The van der Waals surface area contributed by atoms with E-state index in [9.17, 15) is 18.0 Å². The second-order valence-corrected chi connectivity index (χ2v) is 10.4. The molecule has 0 spiro atoms. The molecule has 4 rings (SSSR count). The second kappa shape index (κ2) is 10.4. The van der Waals surface area contributed by atoms with Gasteiger partial charge < -0.3 is 4.74 Å². The average molecular weight is 508 g/mol. The first kappa shape index (κ1) is 24.6. The predicted molar refractivity (Wildman–Crippen MR) is 135 cm³/mol. The van der Waals surface area contributed by atoms with Crippen LogP contribution in [0.25, 0.3) is 10.8 Å². The topological polar surface area (TPSA) is 80.8 Å². The van der Waals surface area contributed by atoms with Crippen LogP contribution in [0.2, 0.25) is 5.02 Å². The molecule has 4 aromatic rings. The van der Waals surface area contributed by atoms with Crippen molar-refractivity contribution in [2.75, 3.05) is 13.7 Å². The van der Waals surface area contributed by atoms with Crippen LogP contribution in [0.15, 0.2) is 95.9 Å². The number of halogens is 1. The molecule has 4 aromatic carbocycles. The largest absolute Gasteiger partial charge is 0.454 e. The molecular weight excluding hydrogens is 486 g/mol. The van der Waals surface area contributed by atoms with Gasteiger partial charge in [0.25, 0.3) is 0 Å². The van der Waals surface area contributed by atoms with Gasteiger partial charge in [-0.05, 0) is 34.5 Å². The van der Waals surface area contributed by atoms with Gasteiger partial charge in [0.15, 0.2) is 6.61 Å². The van der Waals surface area contributed by atoms with Crippen LogP contribution in [0.3, 0.4) is 0 Å². The lowest BCUT2D eigenvalue weighted by molar-refractivity contribution is 0.0475. The summed E-state index contributed by atoms with van der Waals surface area (Å²) in [7, 11) is -2.45. The summed E-state index contributed by atoms with van der Waals surface area (Å²) in [5.41, 5.74) is 1.12. The fraction of sp³-hybridized carbons (Fsp3) is 0.111. The van der Waals surface area contributed by atoms with Gasteiger partial charge in [0, 0.05) is 19.2 Å². The van der Waals surface area contributed by atoms with E-state index >= 15 is 0 Å². The van der Waals surface area contributed by atoms with Gasteiger partial charge in [-0.3, -0.25) is 4.79 Å². The fourth-order valence-corrected chi connectivity index (χ4v) is 5.06. The number of sulfonamides is 1. The number of rotatable bonds is 8. The minimum absolute atomic E-state index is 0.0253. The number of ether oxygens (including phenoxy) is 1. The highest BCUT2D eigenvalue weighted by Crippen LogP contribution is 2.25. The van der Waals surface area contributed by atoms with Gasteiger partial charge in [-0.2, -0.15) is 4.31 Å². The fourth-order valence-electron chi connectivity index (χ4n) is 3.68. The Morgan fingerprint density at radius 2 is 1.54 bits per heavy atom. The van der Waals surface area contributed by atoms with E-state index in [0.29, 0.717) is 5.56 Å². The molecule has 0 unspecified atom stereocenters. The molecule has 0 N–H and O–H groups in total. The molecule has 0 saturated carbocycles. The van der Waals surface area contributed by atoms with Crippen molar-refractivity contribution >= 4 is 44.1 Å². The number of carbonyl (C=O) groups excluding carboxylic acids is 2. The van der Waals surface area contributed by atoms with Crippen molar-refractivity contribution in [3.05, 3.63) is 113 Å². The van der Waals surface area contributed by atoms with E-state index in [1.165, 1.54) is 29.6 Å². The third-order valence-electron chi connectivity index (χ3n) is 5.54. The molecule has 0 aromatic heterocycles. The Morgan fingerprint density at radius 1 is 0.857 bits per heavy atom. The Bertz CT molecular complexity index is 1500. The van der Waals surface area contributed by atoms with Crippen molar-refractivity contribution in [2.24, 2.45) is 0 Å². The normalized spacial score (nSPS) is 11.5. The SMILES string of the molecule is CN(Cc1ccccc1)S(=O)(=O)c1ccc(Cl)c(C(=O)OCC(=O)c2cccc3ccccc23)c1. The molecule has 8 heteroatoms.